The number of amides is 1. The van der Waals surface area contributed by atoms with Crippen LogP contribution in [0.1, 0.15) is 30.5 Å². The average molecular weight is 236 g/mol. The van der Waals surface area contributed by atoms with E-state index in [1.54, 1.807) is 0 Å². The molecule has 2 rings (SSSR count). The molecule has 1 aromatic heterocycles. The minimum atomic E-state index is -0.0132. The third-order valence-electron chi connectivity index (χ3n) is 3.42. The molecule has 0 aliphatic carbocycles. The van der Waals surface area contributed by atoms with Gasteiger partial charge in [-0.25, -0.2) is 0 Å². The molecular formula is C12H20N4O. The number of carbonyl (C=O) groups excluding carboxylic acids is 1. The third kappa shape index (κ3) is 2.85. The van der Waals surface area contributed by atoms with Crippen molar-refractivity contribution in [1.82, 2.24) is 20.4 Å². The molecule has 0 saturated carbocycles. The molecule has 2 N–H and O–H groups in total. The fourth-order valence-corrected chi connectivity index (χ4v) is 2.10. The normalized spacial score (nSPS) is 20.2. The SMILES string of the molecule is Cc1c(CNC(=O)C2CCCCN2)cnn1C. The Labute approximate surface area is 102 Å². The molecule has 5 nitrogen and oxygen atoms in total. The molecule has 2 heterocycles. The first-order valence-electron chi connectivity index (χ1n) is 6.17. The molecule has 1 saturated heterocycles. The van der Waals surface area contributed by atoms with Crippen molar-refractivity contribution in [3.8, 4) is 0 Å². The lowest BCUT2D eigenvalue weighted by Gasteiger charge is -2.22. The summed E-state index contributed by atoms with van der Waals surface area (Å²) in [6, 6.07) is -0.0132. The second kappa shape index (κ2) is 5.31. The lowest BCUT2D eigenvalue weighted by Crippen LogP contribution is -2.46. The molecule has 0 bridgehead atoms. The van der Waals surface area contributed by atoms with Crippen LogP contribution < -0.4 is 10.6 Å². The Morgan fingerprint density at radius 3 is 3.06 bits per heavy atom. The van der Waals surface area contributed by atoms with Crippen LogP contribution in [0.2, 0.25) is 0 Å². The Kier molecular flexibility index (Phi) is 3.78. The van der Waals surface area contributed by atoms with Crippen LogP contribution in [-0.2, 0) is 18.4 Å². The van der Waals surface area contributed by atoms with Gasteiger partial charge in [-0.3, -0.25) is 9.48 Å². The molecule has 1 fully saturated rings. The molecular weight excluding hydrogens is 216 g/mol. The maximum atomic E-state index is 11.9. The van der Waals surface area contributed by atoms with Gasteiger partial charge in [0.25, 0.3) is 0 Å². The Morgan fingerprint density at radius 2 is 2.47 bits per heavy atom. The van der Waals surface area contributed by atoms with E-state index in [0.717, 1.165) is 30.6 Å². The minimum absolute atomic E-state index is 0.0132. The zero-order chi connectivity index (χ0) is 12.3. The number of nitrogens with zero attached hydrogens (tertiary/aromatic N) is 2. The smallest absolute Gasteiger partial charge is 0.237 e. The van der Waals surface area contributed by atoms with Crippen molar-refractivity contribution in [1.29, 1.82) is 0 Å². The van der Waals surface area contributed by atoms with Gasteiger partial charge in [-0.1, -0.05) is 6.42 Å². The largest absolute Gasteiger partial charge is 0.351 e. The number of piperidine rings is 1. The Hall–Kier alpha value is -1.36. The second-order valence-corrected chi connectivity index (χ2v) is 4.60. The zero-order valence-corrected chi connectivity index (χ0v) is 10.5. The highest BCUT2D eigenvalue weighted by Gasteiger charge is 2.20. The Balaban J connectivity index is 1.85. The van der Waals surface area contributed by atoms with Gasteiger partial charge in [0.1, 0.15) is 0 Å². The van der Waals surface area contributed by atoms with E-state index in [2.05, 4.69) is 15.7 Å². The van der Waals surface area contributed by atoms with Crippen molar-refractivity contribution >= 4 is 5.91 Å². The van der Waals surface area contributed by atoms with Crippen LogP contribution in [0.15, 0.2) is 6.20 Å². The number of hydrogen-bond donors (Lipinski definition) is 2. The lowest BCUT2D eigenvalue weighted by atomic mass is 10.0. The summed E-state index contributed by atoms with van der Waals surface area (Å²) in [7, 11) is 1.91. The predicted molar refractivity (Wildman–Crippen MR) is 65.4 cm³/mol. The van der Waals surface area contributed by atoms with Gasteiger partial charge in [0.15, 0.2) is 0 Å². The lowest BCUT2D eigenvalue weighted by molar-refractivity contribution is -0.123. The molecule has 94 valence electrons. The summed E-state index contributed by atoms with van der Waals surface area (Å²) >= 11 is 0. The van der Waals surface area contributed by atoms with Gasteiger partial charge in [0, 0.05) is 24.8 Å². The molecule has 1 aromatic rings. The van der Waals surface area contributed by atoms with Crippen LogP contribution in [0.5, 0.6) is 0 Å². The molecule has 1 amide bonds. The van der Waals surface area contributed by atoms with Gasteiger partial charge in [-0.2, -0.15) is 5.10 Å². The number of nitrogens with one attached hydrogen (secondary N) is 2. The number of aryl methyl sites for hydroxylation is 1. The summed E-state index contributed by atoms with van der Waals surface area (Å²) in [4.78, 5) is 11.9. The van der Waals surface area contributed by atoms with E-state index in [1.165, 1.54) is 6.42 Å². The average Bonchev–Trinajstić information content (AvgIpc) is 2.68. The summed E-state index contributed by atoms with van der Waals surface area (Å²) < 4.78 is 1.82. The maximum Gasteiger partial charge on any atom is 0.237 e. The van der Waals surface area contributed by atoms with E-state index in [-0.39, 0.29) is 11.9 Å². The zero-order valence-electron chi connectivity index (χ0n) is 10.5. The van der Waals surface area contributed by atoms with E-state index in [4.69, 9.17) is 0 Å². The van der Waals surface area contributed by atoms with Crippen molar-refractivity contribution in [2.75, 3.05) is 6.54 Å². The summed E-state index contributed by atoms with van der Waals surface area (Å²) in [6.45, 7) is 3.52. The number of carbonyl (C=O) groups is 1. The van der Waals surface area contributed by atoms with E-state index >= 15 is 0 Å². The maximum absolute atomic E-state index is 11.9. The molecule has 5 heteroatoms. The molecule has 1 atom stereocenters. The molecule has 0 spiro atoms. The fraction of sp³-hybridized carbons (Fsp3) is 0.667. The van der Waals surface area contributed by atoms with Gasteiger partial charge in [0.05, 0.1) is 12.2 Å². The van der Waals surface area contributed by atoms with E-state index < -0.39 is 0 Å². The van der Waals surface area contributed by atoms with Gasteiger partial charge in [0.2, 0.25) is 5.91 Å². The van der Waals surface area contributed by atoms with Gasteiger partial charge >= 0.3 is 0 Å². The monoisotopic (exact) mass is 236 g/mol. The van der Waals surface area contributed by atoms with Crippen molar-refractivity contribution in [3.05, 3.63) is 17.5 Å². The standard InChI is InChI=1S/C12H20N4O/c1-9-10(8-15-16(9)2)7-14-12(17)11-5-3-4-6-13-11/h8,11,13H,3-7H2,1-2H3,(H,14,17). The van der Waals surface area contributed by atoms with Crippen LogP contribution in [0.3, 0.4) is 0 Å². The van der Waals surface area contributed by atoms with Crippen LogP contribution >= 0.6 is 0 Å². The van der Waals surface area contributed by atoms with Crippen LogP contribution in [0.4, 0.5) is 0 Å². The van der Waals surface area contributed by atoms with E-state index in [0.29, 0.717) is 6.54 Å². The van der Waals surface area contributed by atoms with Crippen LogP contribution in [-0.4, -0.2) is 28.3 Å². The minimum Gasteiger partial charge on any atom is -0.351 e. The predicted octanol–water partition coefficient (Wildman–Crippen LogP) is 0.487. The highest BCUT2D eigenvalue weighted by atomic mass is 16.2. The van der Waals surface area contributed by atoms with E-state index in [9.17, 15) is 4.79 Å². The first-order chi connectivity index (χ1) is 8.18. The molecule has 17 heavy (non-hydrogen) atoms. The quantitative estimate of drug-likeness (QED) is 0.803. The topological polar surface area (TPSA) is 59.0 Å². The second-order valence-electron chi connectivity index (χ2n) is 4.60. The Bertz CT molecular complexity index is 393. The number of aromatic nitrogens is 2. The fourth-order valence-electron chi connectivity index (χ4n) is 2.10. The van der Waals surface area contributed by atoms with Crippen molar-refractivity contribution in [2.24, 2.45) is 7.05 Å². The Morgan fingerprint density at radius 1 is 1.65 bits per heavy atom. The molecule has 0 radical (unpaired) electrons. The summed E-state index contributed by atoms with van der Waals surface area (Å²) in [5, 5.41) is 10.4. The molecule has 1 unspecified atom stereocenters. The van der Waals surface area contributed by atoms with Crippen molar-refractivity contribution in [3.63, 3.8) is 0 Å². The molecule has 1 aliphatic rings. The van der Waals surface area contributed by atoms with Crippen molar-refractivity contribution in [2.45, 2.75) is 38.8 Å². The first kappa shape index (κ1) is 12.1. The summed E-state index contributed by atoms with van der Waals surface area (Å²) in [5.41, 5.74) is 2.18. The van der Waals surface area contributed by atoms with E-state index in [1.807, 2.05) is 24.9 Å². The van der Waals surface area contributed by atoms with Crippen LogP contribution in [0.25, 0.3) is 0 Å². The summed E-state index contributed by atoms with van der Waals surface area (Å²) in [6.07, 6.45) is 5.06. The van der Waals surface area contributed by atoms with Crippen LogP contribution in [0, 0.1) is 6.92 Å². The summed E-state index contributed by atoms with van der Waals surface area (Å²) in [5.74, 6) is 0.105. The molecule has 0 aromatic carbocycles. The number of rotatable bonds is 3. The van der Waals surface area contributed by atoms with Gasteiger partial charge in [-0.15, -0.1) is 0 Å². The number of hydrogen-bond acceptors (Lipinski definition) is 3. The molecule has 1 aliphatic heterocycles. The highest BCUT2D eigenvalue weighted by Crippen LogP contribution is 2.08. The van der Waals surface area contributed by atoms with Crippen molar-refractivity contribution < 1.29 is 4.79 Å². The highest BCUT2D eigenvalue weighted by molar-refractivity contribution is 5.81. The van der Waals surface area contributed by atoms with Gasteiger partial charge in [-0.05, 0) is 26.3 Å². The third-order valence-corrected chi connectivity index (χ3v) is 3.42. The first-order valence-corrected chi connectivity index (χ1v) is 6.17. The van der Waals surface area contributed by atoms with Gasteiger partial charge < -0.3 is 10.6 Å².